The third kappa shape index (κ3) is 4.24. The van der Waals surface area contributed by atoms with Crippen LogP contribution in [0.3, 0.4) is 0 Å². The summed E-state index contributed by atoms with van der Waals surface area (Å²) in [6.45, 7) is 6.72. The van der Waals surface area contributed by atoms with Crippen molar-refractivity contribution in [3.05, 3.63) is 23.0 Å². The Bertz CT molecular complexity index is 517. The molecule has 0 atom stereocenters. The number of hydrogen-bond donors (Lipinski definition) is 2. The van der Waals surface area contributed by atoms with Gasteiger partial charge in [-0.25, -0.2) is 4.79 Å². The van der Waals surface area contributed by atoms with Crippen LogP contribution in [-0.4, -0.2) is 45.7 Å². The first-order valence-corrected chi connectivity index (χ1v) is 7.14. The molecule has 0 saturated carbocycles. The van der Waals surface area contributed by atoms with Crippen molar-refractivity contribution in [3.63, 3.8) is 0 Å². The van der Waals surface area contributed by atoms with E-state index in [0.29, 0.717) is 25.9 Å². The Morgan fingerprint density at radius 3 is 2.62 bits per heavy atom. The largest absolute Gasteiger partial charge is 0.481 e. The number of amides is 1. The first-order valence-electron chi connectivity index (χ1n) is 7.14. The fourth-order valence-electron chi connectivity index (χ4n) is 2.43. The van der Waals surface area contributed by atoms with Crippen molar-refractivity contribution in [2.45, 2.75) is 45.6 Å². The van der Waals surface area contributed by atoms with Crippen molar-refractivity contribution < 1.29 is 19.4 Å². The number of nitrogens with zero attached hydrogens (tertiary/aromatic N) is 1. The maximum Gasteiger partial charge on any atom is 0.410 e. The highest BCUT2D eigenvalue weighted by atomic mass is 16.6. The van der Waals surface area contributed by atoms with Crippen LogP contribution in [-0.2, 0) is 28.8 Å². The molecule has 0 radical (unpaired) electrons. The van der Waals surface area contributed by atoms with Crippen molar-refractivity contribution >= 4 is 12.1 Å². The van der Waals surface area contributed by atoms with Gasteiger partial charge in [0.25, 0.3) is 0 Å². The van der Waals surface area contributed by atoms with Crippen LogP contribution in [0.1, 0.15) is 37.7 Å². The number of aromatic amines is 1. The number of carbonyl (C=O) groups excluding carboxylic acids is 1. The fraction of sp³-hybridized carbons (Fsp3) is 0.600. The second-order valence-electron chi connectivity index (χ2n) is 6.34. The molecule has 1 amide bonds. The fourth-order valence-corrected chi connectivity index (χ4v) is 2.43. The number of carboxylic acids is 1. The first-order chi connectivity index (χ1) is 9.74. The third-order valence-electron chi connectivity index (χ3n) is 3.32. The van der Waals surface area contributed by atoms with E-state index in [1.165, 1.54) is 0 Å². The SMILES string of the molecule is CC(C)(C)OC(=O)N1CCc2cc(CC(=O)O)[nH]c2CC1. The van der Waals surface area contributed by atoms with Crippen molar-refractivity contribution in [2.24, 2.45) is 0 Å². The third-order valence-corrected chi connectivity index (χ3v) is 3.32. The van der Waals surface area contributed by atoms with E-state index < -0.39 is 11.6 Å². The van der Waals surface area contributed by atoms with E-state index in [-0.39, 0.29) is 12.5 Å². The van der Waals surface area contributed by atoms with Gasteiger partial charge in [0.05, 0.1) is 6.42 Å². The number of aromatic nitrogens is 1. The number of hydrogen-bond acceptors (Lipinski definition) is 3. The molecule has 1 aliphatic heterocycles. The minimum Gasteiger partial charge on any atom is -0.481 e. The summed E-state index contributed by atoms with van der Waals surface area (Å²) < 4.78 is 5.38. The highest BCUT2D eigenvalue weighted by Gasteiger charge is 2.25. The van der Waals surface area contributed by atoms with E-state index in [2.05, 4.69) is 4.98 Å². The van der Waals surface area contributed by atoms with E-state index in [1.807, 2.05) is 26.8 Å². The Morgan fingerprint density at radius 1 is 1.33 bits per heavy atom. The number of fused-ring (bicyclic) bond motifs is 1. The van der Waals surface area contributed by atoms with Gasteiger partial charge in [0.1, 0.15) is 5.60 Å². The molecule has 1 aliphatic rings. The van der Waals surface area contributed by atoms with E-state index in [9.17, 15) is 9.59 Å². The van der Waals surface area contributed by atoms with Crippen molar-refractivity contribution in [2.75, 3.05) is 13.1 Å². The molecule has 0 fully saturated rings. The average Bonchev–Trinajstić information content (AvgIpc) is 2.57. The molecule has 1 aromatic rings. The summed E-state index contributed by atoms with van der Waals surface area (Å²) in [6.07, 6.45) is 1.11. The topological polar surface area (TPSA) is 82.6 Å². The van der Waals surface area contributed by atoms with Gasteiger partial charge >= 0.3 is 12.1 Å². The summed E-state index contributed by atoms with van der Waals surface area (Å²) in [7, 11) is 0. The lowest BCUT2D eigenvalue weighted by Gasteiger charge is -2.26. The molecular weight excluding hydrogens is 272 g/mol. The van der Waals surface area contributed by atoms with Crippen molar-refractivity contribution in [3.8, 4) is 0 Å². The predicted molar refractivity (Wildman–Crippen MR) is 77.3 cm³/mol. The highest BCUT2D eigenvalue weighted by molar-refractivity contribution is 5.70. The Morgan fingerprint density at radius 2 is 2.00 bits per heavy atom. The number of carboxylic acid groups (broad SMARTS) is 1. The molecule has 6 heteroatoms. The molecule has 0 saturated heterocycles. The number of aliphatic carboxylic acids is 1. The van der Waals surface area contributed by atoms with Crippen molar-refractivity contribution in [1.82, 2.24) is 9.88 Å². The lowest BCUT2D eigenvalue weighted by atomic mass is 10.1. The number of ether oxygens (including phenoxy) is 1. The predicted octanol–water partition coefficient (Wildman–Crippen LogP) is 1.98. The molecule has 0 spiro atoms. The van der Waals surface area contributed by atoms with Crippen LogP contribution in [0.4, 0.5) is 4.79 Å². The Kier molecular flexibility index (Phi) is 4.25. The summed E-state index contributed by atoms with van der Waals surface area (Å²) in [5.74, 6) is -0.846. The van der Waals surface area contributed by atoms with Gasteiger partial charge in [-0.15, -0.1) is 0 Å². The van der Waals surface area contributed by atoms with Crippen LogP contribution >= 0.6 is 0 Å². The average molecular weight is 294 g/mol. The number of rotatable bonds is 2. The zero-order valence-electron chi connectivity index (χ0n) is 12.7. The van der Waals surface area contributed by atoms with E-state index in [1.54, 1.807) is 4.90 Å². The zero-order chi connectivity index (χ0) is 15.6. The Labute approximate surface area is 124 Å². The summed E-state index contributed by atoms with van der Waals surface area (Å²) in [5.41, 5.74) is 2.35. The summed E-state index contributed by atoms with van der Waals surface area (Å²) in [5, 5.41) is 8.82. The van der Waals surface area contributed by atoms with Crippen molar-refractivity contribution in [1.29, 1.82) is 0 Å². The molecule has 0 aromatic carbocycles. The van der Waals surface area contributed by atoms with Gasteiger partial charge in [-0.1, -0.05) is 0 Å². The van der Waals surface area contributed by atoms with Crippen LogP contribution in [0.25, 0.3) is 0 Å². The molecule has 2 N–H and O–H groups in total. The monoisotopic (exact) mass is 294 g/mol. The van der Waals surface area contributed by atoms with Gasteiger partial charge in [0, 0.05) is 30.9 Å². The zero-order valence-corrected chi connectivity index (χ0v) is 12.7. The molecule has 1 aromatic heterocycles. The van der Waals surface area contributed by atoms with Gasteiger partial charge in [-0.05, 0) is 38.8 Å². The van der Waals surface area contributed by atoms with Gasteiger partial charge in [0.15, 0.2) is 0 Å². The minimum absolute atomic E-state index is 0.00276. The van der Waals surface area contributed by atoms with Crippen LogP contribution in [0.5, 0.6) is 0 Å². The molecule has 2 heterocycles. The van der Waals surface area contributed by atoms with Gasteiger partial charge < -0.3 is 19.7 Å². The smallest absolute Gasteiger partial charge is 0.410 e. The second-order valence-corrected chi connectivity index (χ2v) is 6.34. The molecule has 0 aliphatic carbocycles. The molecule has 2 rings (SSSR count). The second kappa shape index (κ2) is 5.79. The normalized spacial score (nSPS) is 15.3. The lowest BCUT2D eigenvalue weighted by molar-refractivity contribution is -0.136. The quantitative estimate of drug-likeness (QED) is 0.873. The van der Waals surface area contributed by atoms with E-state index in [0.717, 1.165) is 17.0 Å². The van der Waals surface area contributed by atoms with Crippen LogP contribution in [0.2, 0.25) is 0 Å². The molecule has 116 valence electrons. The lowest BCUT2D eigenvalue weighted by Crippen LogP contribution is -2.38. The standard InChI is InChI=1S/C15H22N2O4/c1-15(2,3)21-14(20)17-6-4-10-8-11(9-13(18)19)16-12(10)5-7-17/h8,16H,4-7,9H2,1-3H3,(H,18,19). The summed E-state index contributed by atoms with van der Waals surface area (Å²) >= 11 is 0. The molecule has 6 nitrogen and oxygen atoms in total. The van der Waals surface area contributed by atoms with Crippen LogP contribution < -0.4 is 0 Å². The number of nitrogens with one attached hydrogen (secondary N) is 1. The Hall–Kier alpha value is -1.98. The maximum atomic E-state index is 12.1. The van der Waals surface area contributed by atoms with Gasteiger partial charge in [0.2, 0.25) is 0 Å². The van der Waals surface area contributed by atoms with E-state index >= 15 is 0 Å². The molecule has 0 unspecified atom stereocenters. The molecule has 21 heavy (non-hydrogen) atoms. The molecule has 0 bridgehead atoms. The maximum absolute atomic E-state index is 12.1. The number of H-pyrrole nitrogens is 1. The highest BCUT2D eigenvalue weighted by Crippen LogP contribution is 2.19. The number of carbonyl (C=O) groups is 2. The van der Waals surface area contributed by atoms with E-state index in [4.69, 9.17) is 9.84 Å². The van der Waals surface area contributed by atoms with Gasteiger partial charge in [-0.3, -0.25) is 4.79 Å². The van der Waals surface area contributed by atoms with Crippen LogP contribution in [0, 0.1) is 0 Å². The first kappa shape index (κ1) is 15.4. The molecular formula is C15H22N2O4. The van der Waals surface area contributed by atoms with Crippen LogP contribution in [0.15, 0.2) is 6.07 Å². The summed E-state index contributed by atoms with van der Waals surface area (Å²) in [4.78, 5) is 27.7. The Balaban J connectivity index is 2.00. The van der Waals surface area contributed by atoms with Gasteiger partial charge in [-0.2, -0.15) is 0 Å². The minimum atomic E-state index is -0.846. The summed E-state index contributed by atoms with van der Waals surface area (Å²) in [6, 6.07) is 1.89.